The first-order valence-corrected chi connectivity index (χ1v) is 19.4. The number of benzene rings is 1. The van der Waals surface area contributed by atoms with Gasteiger partial charge in [-0.25, -0.2) is 18.2 Å². The van der Waals surface area contributed by atoms with Crippen LogP contribution >= 0.6 is 0 Å². The Hall–Kier alpha value is -4.99. The number of sulfonamides is 1. The number of allylic oxidation sites excluding steroid dienone is 2. The summed E-state index contributed by atoms with van der Waals surface area (Å²) in [6.07, 6.45) is 3.32. The quantitative estimate of drug-likeness (QED) is 0.166. The van der Waals surface area contributed by atoms with Crippen molar-refractivity contribution < 1.29 is 46.6 Å². The number of ether oxygens (including phenoxy) is 3. The Morgan fingerprint density at radius 1 is 1.11 bits per heavy atom. The molecule has 294 valence electrons. The van der Waals surface area contributed by atoms with Crippen molar-refractivity contribution in [1.82, 2.24) is 25.2 Å². The van der Waals surface area contributed by atoms with E-state index in [1.165, 1.54) is 17.9 Å². The Kier molecular flexibility index (Phi) is 13.1. The lowest BCUT2D eigenvalue weighted by atomic mass is 9.96. The van der Waals surface area contributed by atoms with Crippen LogP contribution in [-0.4, -0.2) is 96.1 Å². The standard InChI is InChI=1S/C38H51N5O10S/c1-9-18-38(7,35(47)42-54(49,50)27-12-13-27)41-32(45)30-21-26(52-33-28-14-11-25(51-8)20-24(28)17-19-39-33)22-43(30)34(46)29(15-16-31(44)23(3)10-2)40-36(48)53-37(4,5)6/h9-11,14,17,19-20,26-27,29-30H,1,12-13,15-16,18,21-22H2,2-8H3,(H,40,48)(H,41,45)(H,42,47)/b23-10+/t26-,29+,30+,38+/m1/s1. The zero-order valence-corrected chi connectivity index (χ0v) is 32.7. The van der Waals surface area contributed by atoms with Crippen molar-refractivity contribution in [2.24, 2.45) is 0 Å². The lowest BCUT2D eigenvalue weighted by Crippen LogP contribution is -2.61. The number of hydrogen-bond donors (Lipinski definition) is 3. The van der Waals surface area contributed by atoms with Crippen LogP contribution in [0.3, 0.4) is 0 Å². The van der Waals surface area contributed by atoms with Crippen LogP contribution < -0.4 is 24.8 Å². The molecule has 54 heavy (non-hydrogen) atoms. The molecule has 2 aliphatic rings. The number of hydrogen-bond acceptors (Lipinski definition) is 11. The summed E-state index contributed by atoms with van der Waals surface area (Å²) in [6, 6.07) is 4.56. The smallest absolute Gasteiger partial charge is 0.408 e. The Morgan fingerprint density at radius 2 is 1.81 bits per heavy atom. The van der Waals surface area contributed by atoms with E-state index in [0.29, 0.717) is 29.6 Å². The number of pyridine rings is 1. The van der Waals surface area contributed by atoms with Gasteiger partial charge in [0.2, 0.25) is 27.7 Å². The molecule has 0 radical (unpaired) electrons. The molecule has 4 amide bonds. The minimum atomic E-state index is -3.96. The second-order valence-electron chi connectivity index (χ2n) is 14.8. The summed E-state index contributed by atoms with van der Waals surface area (Å²) in [7, 11) is -2.41. The van der Waals surface area contributed by atoms with E-state index in [1.807, 2.05) is 6.07 Å². The van der Waals surface area contributed by atoms with Crippen LogP contribution in [0.2, 0.25) is 0 Å². The number of Topliss-reactive ketones (excluding diaryl/α,β-unsaturated/α-hetero) is 1. The molecule has 4 rings (SSSR count). The molecule has 1 aliphatic heterocycles. The number of nitrogens with zero attached hydrogens (tertiary/aromatic N) is 2. The summed E-state index contributed by atoms with van der Waals surface area (Å²) in [5.74, 6) is -1.79. The van der Waals surface area contributed by atoms with Gasteiger partial charge in [-0.1, -0.05) is 12.2 Å². The van der Waals surface area contributed by atoms with Crippen LogP contribution in [0.4, 0.5) is 4.79 Å². The van der Waals surface area contributed by atoms with Crippen LogP contribution in [0.15, 0.2) is 54.8 Å². The maximum atomic E-state index is 14.5. The molecule has 15 nitrogen and oxygen atoms in total. The molecule has 1 aliphatic carbocycles. The first-order valence-electron chi connectivity index (χ1n) is 17.8. The number of nitrogens with one attached hydrogen (secondary N) is 3. The number of fused-ring (bicyclic) bond motifs is 1. The molecular weight excluding hydrogens is 719 g/mol. The first kappa shape index (κ1) is 41.8. The van der Waals surface area contributed by atoms with Gasteiger partial charge in [0.15, 0.2) is 5.78 Å². The van der Waals surface area contributed by atoms with E-state index in [1.54, 1.807) is 72.2 Å². The molecule has 0 unspecified atom stereocenters. The fourth-order valence-electron chi connectivity index (χ4n) is 5.97. The molecule has 2 fully saturated rings. The Balaban J connectivity index is 1.68. The monoisotopic (exact) mass is 769 g/mol. The van der Waals surface area contributed by atoms with Gasteiger partial charge in [0.05, 0.1) is 18.9 Å². The van der Waals surface area contributed by atoms with Crippen molar-refractivity contribution in [2.75, 3.05) is 13.7 Å². The Morgan fingerprint density at radius 3 is 2.43 bits per heavy atom. The van der Waals surface area contributed by atoms with Crippen molar-refractivity contribution in [1.29, 1.82) is 0 Å². The fourth-order valence-corrected chi connectivity index (χ4v) is 7.38. The number of rotatable bonds is 16. The van der Waals surface area contributed by atoms with E-state index >= 15 is 0 Å². The molecule has 4 atom stereocenters. The number of aromatic nitrogens is 1. The normalized spacial score (nSPS) is 19.2. The summed E-state index contributed by atoms with van der Waals surface area (Å²) in [6.45, 7) is 13.3. The van der Waals surface area contributed by atoms with E-state index in [-0.39, 0.29) is 43.9 Å². The van der Waals surface area contributed by atoms with E-state index < -0.39 is 68.4 Å². The zero-order valence-electron chi connectivity index (χ0n) is 31.9. The minimum absolute atomic E-state index is 0.0618. The number of methoxy groups -OCH3 is 1. The lowest BCUT2D eigenvalue weighted by Gasteiger charge is -2.33. The minimum Gasteiger partial charge on any atom is -0.497 e. The highest BCUT2D eigenvalue weighted by molar-refractivity contribution is 7.91. The number of likely N-dealkylation sites (tertiary alicyclic amines) is 1. The van der Waals surface area contributed by atoms with E-state index in [2.05, 4.69) is 26.9 Å². The molecule has 1 saturated carbocycles. The van der Waals surface area contributed by atoms with Crippen molar-refractivity contribution in [3.8, 4) is 11.6 Å². The summed E-state index contributed by atoms with van der Waals surface area (Å²) < 4.78 is 44.6. The molecule has 1 aromatic carbocycles. The Bertz CT molecular complexity index is 1920. The third-order valence-electron chi connectivity index (χ3n) is 9.23. The topological polar surface area (TPSA) is 199 Å². The predicted octanol–water partition coefficient (Wildman–Crippen LogP) is 3.86. The van der Waals surface area contributed by atoms with Gasteiger partial charge in [-0.3, -0.25) is 23.9 Å². The van der Waals surface area contributed by atoms with Crippen LogP contribution in [0, 0.1) is 0 Å². The SMILES string of the molecule is C=CC[C@](C)(NC(=O)[C@@H]1C[C@@H](Oc2nccc3cc(OC)ccc23)CN1C(=O)[C@H](CCC(=O)/C(C)=C/C)NC(=O)OC(C)(C)C)C(=O)NS(=O)(=O)C1CC1. The summed E-state index contributed by atoms with van der Waals surface area (Å²) in [5.41, 5.74) is -2.19. The van der Waals surface area contributed by atoms with Gasteiger partial charge in [0, 0.05) is 24.4 Å². The molecule has 0 spiro atoms. The van der Waals surface area contributed by atoms with Gasteiger partial charge in [-0.05, 0) is 102 Å². The molecule has 16 heteroatoms. The fraction of sp³-hybridized carbons (Fsp3) is 0.526. The largest absolute Gasteiger partial charge is 0.497 e. The average Bonchev–Trinajstić information content (AvgIpc) is 3.89. The lowest BCUT2D eigenvalue weighted by molar-refractivity contribution is -0.142. The van der Waals surface area contributed by atoms with Gasteiger partial charge in [0.1, 0.15) is 35.1 Å². The van der Waals surface area contributed by atoms with Gasteiger partial charge >= 0.3 is 6.09 Å². The third-order valence-corrected chi connectivity index (χ3v) is 11.1. The second-order valence-corrected chi connectivity index (χ2v) is 16.8. The van der Waals surface area contributed by atoms with Crippen LogP contribution in [0.25, 0.3) is 10.8 Å². The van der Waals surface area contributed by atoms with Crippen LogP contribution in [0.1, 0.15) is 80.1 Å². The molecule has 1 aromatic heterocycles. The molecule has 2 heterocycles. The van der Waals surface area contributed by atoms with E-state index in [4.69, 9.17) is 14.2 Å². The number of carbonyl (C=O) groups is 5. The van der Waals surface area contributed by atoms with Gasteiger partial charge in [-0.15, -0.1) is 6.58 Å². The summed E-state index contributed by atoms with van der Waals surface area (Å²) in [5, 5.41) is 6.00. The maximum absolute atomic E-state index is 14.5. The van der Waals surface area contributed by atoms with Gasteiger partial charge in [0.25, 0.3) is 5.91 Å². The van der Waals surface area contributed by atoms with Gasteiger partial charge < -0.3 is 29.7 Å². The molecule has 2 aromatic rings. The van der Waals surface area contributed by atoms with Gasteiger partial charge in [-0.2, -0.15) is 0 Å². The summed E-state index contributed by atoms with van der Waals surface area (Å²) in [4.78, 5) is 73.6. The van der Waals surface area contributed by atoms with Crippen LogP contribution in [-0.2, 0) is 33.9 Å². The Labute approximate surface area is 316 Å². The highest BCUT2D eigenvalue weighted by atomic mass is 32.2. The number of alkyl carbamates (subject to hydrolysis) is 1. The second kappa shape index (κ2) is 17.0. The van der Waals surface area contributed by atoms with E-state index in [9.17, 15) is 32.4 Å². The van der Waals surface area contributed by atoms with Crippen molar-refractivity contribution in [3.05, 3.63) is 54.8 Å². The zero-order chi connectivity index (χ0) is 40.0. The summed E-state index contributed by atoms with van der Waals surface area (Å²) >= 11 is 0. The first-order chi connectivity index (χ1) is 25.3. The predicted molar refractivity (Wildman–Crippen MR) is 201 cm³/mol. The number of ketones is 1. The van der Waals surface area contributed by atoms with Crippen LogP contribution in [0.5, 0.6) is 11.6 Å². The molecular formula is C38H51N5O10S. The highest BCUT2D eigenvalue weighted by Crippen LogP contribution is 2.31. The van der Waals surface area contributed by atoms with E-state index in [0.717, 1.165) is 5.39 Å². The highest BCUT2D eigenvalue weighted by Gasteiger charge is 2.47. The average molecular weight is 770 g/mol. The third kappa shape index (κ3) is 10.6. The van der Waals surface area contributed by atoms with Crippen molar-refractivity contribution in [3.63, 3.8) is 0 Å². The van der Waals surface area contributed by atoms with Crippen molar-refractivity contribution in [2.45, 2.75) is 115 Å². The number of amides is 4. The molecule has 1 saturated heterocycles. The molecule has 0 bridgehead atoms. The number of carbonyl (C=O) groups excluding carboxylic acids is 5. The van der Waals surface area contributed by atoms with Crippen molar-refractivity contribution >= 4 is 50.4 Å². The molecule has 3 N–H and O–H groups in total. The maximum Gasteiger partial charge on any atom is 0.408 e.